The minimum atomic E-state index is 0.710. The molecule has 0 amide bonds. The second-order valence-electron chi connectivity index (χ2n) is 4.39. The monoisotopic (exact) mass is 236 g/mol. The van der Waals surface area contributed by atoms with E-state index >= 15 is 0 Å². The molecule has 0 atom stereocenters. The van der Waals surface area contributed by atoms with E-state index < -0.39 is 0 Å². The number of benzene rings is 1. The second-order valence-corrected chi connectivity index (χ2v) is 4.39. The van der Waals surface area contributed by atoms with E-state index in [0.29, 0.717) is 6.61 Å². The van der Waals surface area contributed by atoms with Crippen molar-refractivity contribution in [1.29, 1.82) is 0 Å². The summed E-state index contributed by atoms with van der Waals surface area (Å²) in [4.78, 5) is 2.18. The highest BCUT2D eigenvalue weighted by Crippen LogP contribution is 2.09. The maximum Gasteiger partial charge on any atom is 0.0719 e. The molecule has 0 heterocycles. The Kier molecular flexibility index (Phi) is 6.86. The maximum absolute atomic E-state index is 5.47. The molecule has 0 aliphatic heterocycles. The molecular weight excluding hydrogens is 212 g/mol. The van der Waals surface area contributed by atoms with Gasteiger partial charge in [-0.05, 0) is 32.1 Å². The van der Waals surface area contributed by atoms with E-state index in [1.54, 1.807) is 0 Å². The molecule has 1 aromatic carbocycles. The fraction of sp³-hybridized carbons (Fsp3) is 0.571. The van der Waals surface area contributed by atoms with Crippen LogP contribution in [-0.2, 0) is 17.9 Å². The van der Waals surface area contributed by atoms with Gasteiger partial charge in [0.15, 0.2) is 0 Å². The second kappa shape index (κ2) is 8.23. The highest BCUT2D eigenvalue weighted by Gasteiger charge is 2.01. The minimum Gasteiger partial charge on any atom is -0.377 e. The largest absolute Gasteiger partial charge is 0.377 e. The summed E-state index contributed by atoms with van der Waals surface area (Å²) in [5.41, 5.74) is 2.62. The summed E-state index contributed by atoms with van der Waals surface area (Å²) in [6, 6.07) is 8.45. The molecule has 0 aromatic heterocycles. The first-order valence-corrected chi connectivity index (χ1v) is 6.24. The van der Waals surface area contributed by atoms with Crippen LogP contribution in [-0.4, -0.2) is 38.7 Å². The molecule has 0 aliphatic carbocycles. The van der Waals surface area contributed by atoms with Gasteiger partial charge in [-0.15, -0.1) is 0 Å². The van der Waals surface area contributed by atoms with Crippen LogP contribution >= 0.6 is 0 Å². The Morgan fingerprint density at radius 3 is 2.53 bits per heavy atom. The smallest absolute Gasteiger partial charge is 0.0719 e. The summed E-state index contributed by atoms with van der Waals surface area (Å²) < 4.78 is 5.47. The highest BCUT2D eigenvalue weighted by atomic mass is 16.5. The summed E-state index contributed by atoms with van der Waals surface area (Å²) in [6.07, 6.45) is 0. The first-order valence-electron chi connectivity index (χ1n) is 6.24. The van der Waals surface area contributed by atoms with Gasteiger partial charge in [0.05, 0.1) is 6.61 Å². The Labute approximate surface area is 105 Å². The van der Waals surface area contributed by atoms with Gasteiger partial charge in [-0.1, -0.05) is 24.3 Å². The highest BCUT2D eigenvalue weighted by molar-refractivity contribution is 5.26. The molecule has 0 bridgehead atoms. The predicted octanol–water partition coefficient (Wildman–Crippen LogP) is 1.87. The Morgan fingerprint density at radius 1 is 1.18 bits per heavy atom. The molecule has 0 saturated carbocycles. The molecule has 0 unspecified atom stereocenters. The first-order chi connectivity index (χ1) is 8.24. The Morgan fingerprint density at radius 2 is 1.88 bits per heavy atom. The number of likely N-dealkylation sites (N-methyl/N-ethyl adjacent to an activating group) is 1. The molecule has 96 valence electrons. The van der Waals surface area contributed by atoms with Crippen LogP contribution in [0, 0.1) is 0 Å². The van der Waals surface area contributed by atoms with Crippen molar-refractivity contribution in [3.63, 3.8) is 0 Å². The SMILES string of the molecule is CCOCc1ccccc1CNCCN(C)C. The van der Waals surface area contributed by atoms with E-state index in [1.165, 1.54) is 11.1 Å². The summed E-state index contributed by atoms with van der Waals surface area (Å²) in [6.45, 7) is 6.49. The third-order valence-electron chi connectivity index (χ3n) is 2.63. The fourth-order valence-electron chi connectivity index (χ4n) is 1.61. The zero-order valence-corrected chi connectivity index (χ0v) is 11.2. The third kappa shape index (κ3) is 5.82. The molecule has 0 radical (unpaired) electrons. The van der Waals surface area contributed by atoms with E-state index in [4.69, 9.17) is 4.74 Å². The molecule has 1 aromatic rings. The molecule has 3 nitrogen and oxygen atoms in total. The molecular formula is C14H24N2O. The van der Waals surface area contributed by atoms with Crippen LogP contribution in [0.15, 0.2) is 24.3 Å². The normalized spacial score (nSPS) is 11.1. The lowest BCUT2D eigenvalue weighted by Gasteiger charge is -2.12. The van der Waals surface area contributed by atoms with Crippen molar-refractivity contribution in [2.75, 3.05) is 33.8 Å². The quantitative estimate of drug-likeness (QED) is 0.697. The Balaban J connectivity index is 2.40. The average Bonchev–Trinajstić information content (AvgIpc) is 2.33. The van der Waals surface area contributed by atoms with Gasteiger partial charge in [-0.25, -0.2) is 0 Å². The van der Waals surface area contributed by atoms with Gasteiger partial charge < -0.3 is 15.0 Å². The van der Waals surface area contributed by atoms with Gasteiger partial charge >= 0.3 is 0 Å². The lowest BCUT2D eigenvalue weighted by Crippen LogP contribution is -2.26. The standard InChI is InChI=1S/C14H24N2O/c1-4-17-12-14-8-6-5-7-13(14)11-15-9-10-16(2)3/h5-8,15H,4,9-12H2,1-3H3. The van der Waals surface area contributed by atoms with Gasteiger partial charge in [-0.3, -0.25) is 0 Å². The lowest BCUT2D eigenvalue weighted by molar-refractivity contribution is 0.133. The van der Waals surface area contributed by atoms with Crippen molar-refractivity contribution in [2.45, 2.75) is 20.1 Å². The number of nitrogens with one attached hydrogen (secondary N) is 1. The topological polar surface area (TPSA) is 24.5 Å². The molecule has 0 aliphatic rings. The van der Waals surface area contributed by atoms with Crippen molar-refractivity contribution in [3.8, 4) is 0 Å². The predicted molar refractivity (Wildman–Crippen MR) is 72.0 cm³/mol. The van der Waals surface area contributed by atoms with Crippen LogP contribution in [0.25, 0.3) is 0 Å². The van der Waals surface area contributed by atoms with Crippen LogP contribution in [0.5, 0.6) is 0 Å². The van der Waals surface area contributed by atoms with Gasteiger partial charge in [0.1, 0.15) is 0 Å². The molecule has 1 N–H and O–H groups in total. The van der Waals surface area contributed by atoms with Crippen molar-refractivity contribution in [1.82, 2.24) is 10.2 Å². The number of hydrogen-bond donors (Lipinski definition) is 1. The minimum absolute atomic E-state index is 0.710. The van der Waals surface area contributed by atoms with Crippen molar-refractivity contribution in [2.24, 2.45) is 0 Å². The summed E-state index contributed by atoms with van der Waals surface area (Å²) in [5.74, 6) is 0. The van der Waals surface area contributed by atoms with Crippen molar-refractivity contribution < 1.29 is 4.74 Å². The van der Waals surface area contributed by atoms with Crippen LogP contribution in [0.1, 0.15) is 18.1 Å². The molecule has 0 spiro atoms. The molecule has 17 heavy (non-hydrogen) atoms. The fourth-order valence-corrected chi connectivity index (χ4v) is 1.61. The average molecular weight is 236 g/mol. The maximum atomic E-state index is 5.47. The Bertz CT molecular complexity index is 313. The van der Waals surface area contributed by atoms with Crippen molar-refractivity contribution in [3.05, 3.63) is 35.4 Å². The summed E-state index contributed by atoms with van der Waals surface area (Å²) in [7, 11) is 4.18. The summed E-state index contributed by atoms with van der Waals surface area (Å²) >= 11 is 0. The zero-order valence-electron chi connectivity index (χ0n) is 11.2. The van der Waals surface area contributed by atoms with E-state index in [0.717, 1.165) is 26.2 Å². The molecule has 3 heteroatoms. The van der Waals surface area contributed by atoms with Gasteiger partial charge in [-0.2, -0.15) is 0 Å². The summed E-state index contributed by atoms with van der Waals surface area (Å²) in [5, 5.41) is 3.45. The van der Waals surface area contributed by atoms with Crippen molar-refractivity contribution >= 4 is 0 Å². The van der Waals surface area contributed by atoms with Crippen LogP contribution in [0.2, 0.25) is 0 Å². The number of rotatable bonds is 8. The molecule has 1 rings (SSSR count). The van der Waals surface area contributed by atoms with Crippen LogP contribution in [0.3, 0.4) is 0 Å². The zero-order chi connectivity index (χ0) is 12.5. The molecule has 0 fully saturated rings. The van der Waals surface area contributed by atoms with Gasteiger partial charge in [0.25, 0.3) is 0 Å². The Hall–Kier alpha value is -0.900. The lowest BCUT2D eigenvalue weighted by atomic mass is 10.1. The van der Waals surface area contributed by atoms with Crippen LogP contribution < -0.4 is 5.32 Å². The first kappa shape index (κ1) is 14.2. The van der Waals surface area contributed by atoms with E-state index in [2.05, 4.69) is 48.6 Å². The third-order valence-corrected chi connectivity index (χ3v) is 2.63. The van der Waals surface area contributed by atoms with Crippen LogP contribution in [0.4, 0.5) is 0 Å². The number of ether oxygens (including phenoxy) is 1. The number of nitrogens with zero attached hydrogens (tertiary/aromatic N) is 1. The molecule has 0 saturated heterocycles. The number of hydrogen-bond acceptors (Lipinski definition) is 3. The van der Waals surface area contributed by atoms with E-state index in [-0.39, 0.29) is 0 Å². The van der Waals surface area contributed by atoms with E-state index in [9.17, 15) is 0 Å². The van der Waals surface area contributed by atoms with E-state index in [1.807, 2.05) is 6.92 Å². The van der Waals surface area contributed by atoms with Gasteiger partial charge in [0.2, 0.25) is 0 Å². The van der Waals surface area contributed by atoms with Gasteiger partial charge in [0, 0.05) is 26.2 Å².